The van der Waals surface area contributed by atoms with Gasteiger partial charge >= 0.3 is 0 Å². The molecule has 0 radical (unpaired) electrons. The van der Waals surface area contributed by atoms with Crippen LogP contribution in [0.1, 0.15) is 13.8 Å². The smallest absolute Gasteiger partial charge is 0.246 e. The first kappa shape index (κ1) is 20.5. The summed E-state index contributed by atoms with van der Waals surface area (Å²) in [7, 11) is -2.22. The number of hydrogen-bond acceptors (Lipinski definition) is 6. The molecule has 2 aromatic rings. The van der Waals surface area contributed by atoms with Gasteiger partial charge in [-0.1, -0.05) is 0 Å². The molecule has 0 aromatic heterocycles. The Bertz CT molecular complexity index is 898. The molecule has 0 spiro atoms. The van der Waals surface area contributed by atoms with Crippen LogP contribution in [0.4, 0.5) is 11.4 Å². The van der Waals surface area contributed by atoms with E-state index in [9.17, 15) is 13.2 Å². The molecule has 0 bridgehead atoms. The Labute approximate surface area is 158 Å². The predicted octanol–water partition coefficient (Wildman–Crippen LogP) is 2.18. The molecule has 27 heavy (non-hydrogen) atoms. The summed E-state index contributed by atoms with van der Waals surface area (Å²) in [5.41, 5.74) is 1.16. The predicted molar refractivity (Wildman–Crippen MR) is 104 cm³/mol. The SMILES string of the molecule is CCOc1ccc(N[C@@H](C)C(=O)Nc2ccc(S(N)(=O)=O)cc2)cc1OC. The highest BCUT2D eigenvalue weighted by atomic mass is 32.2. The number of hydrogen-bond donors (Lipinski definition) is 3. The molecule has 0 aliphatic heterocycles. The quantitative estimate of drug-likeness (QED) is 0.632. The Kier molecular flexibility index (Phi) is 6.65. The van der Waals surface area contributed by atoms with Crippen molar-refractivity contribution in [2.24, 2.45) is 5.14 Å². The van der Waals surface area contributed by atoms with Gasteiger partial charge in [-0.25, -0.2) is 13.6 Å². The largest absolute Gasteiger partial charge is 0.493 e. The summed E-state index contributed by atoms with van der Waals surface area (Å²) in [5, 5.41) is 10.8. The Balaban J connectivity index is 2.03. The van der Waals surface area contributed by atoms with Gasteiger partial charge in [-0.15, -0.1) is 0 Å². The summed E-state index contributed by atoms with van der Waals surface area (Å²) in [6.45, 7) is 4.11. The molecule has 8 nitrogen and oxygen atoms in total. The highest BCUT2D eigenvalue weighted by molar-refractivity contribution is 7.89. The van der Waals surface area contributed by atoms with Gasteiger partial charge in [-0.2, -0.15) is 0 Å². The molecule has 0 aliphatic rings. The van der Waals surface area contributed by atoms with Crippen LogP contribution < -0.4 is 25.2 Å². The fourth-order valence-corrected chi connectivity index (χ4v) is 2.84. The fraction of sp³-hybridized carbons (Fsp3) is 0.278. The average molecular weight is 393 g/mol. The summed E-state index contributed by atoms with van der Waals surface area (Å²) in [5.74, 6) is 0.900. The molecule has 2 rings (SSSR count). The van der Waals surface area contributed by atoms with Crippen molar-refractivity contribution in [2.75, 3.05) is 24.4 Å². The lowest BCUT2D eigenvalue weighted by molar-refractivity contribution is -0.116. The molecule has 2 aromatic carbocycles. The Morgan fingerprint density at radius 3 is 2.30 bits per heavy atom. The molecule has 4 N–H and O–H groups in total. The summed E-state index contributed by atoms with van der Waals surface area (Å²) >= 11 is 0. The number of benzene rings is 2. The maximum Gasteiger partial charge on any atom is 0.246 e. The third-order valence-electron chi connectivity index (χ3n) is 3.69. The van der Waals surface area contributed by atoms with Gasteiger partial charge in [0.25, 0.3) is 0 Å². The maximum atomic E-state index is 12.4. The molecule has 9 heteroatoms. The van der Waals surface area contributed by atoms with Gasteiger partial charge in [0.05, 0.1) is 18.6 Å². The number of nitrogens with two attached hydrogens (primary N) is 1. The number of amides is 1. The van der Waals surface area contributed by atoms with E-state index in [0.717, 1.165) is 0 Å². The van der Waals surface area contributed by atoms with E-state index in [2.05, 4.69) is 10.6 Å². The first-order chi connectivity index (χ1) is 12.7. The number of nitrogens with one attached hydrogen (secondary N) is 2. The van der Waals surface area contributed by atoms with E-state index in [0.29, 0.717) is 29.5 Å². The van der Waals surface area contributed by atoms with Gasteiger partial charge < -0.3 is 20.1 Å². The Morgan fingerprint density at radius 2 is 1.74 bits per heavy atom. The van der Waals surface area contributed by atoms with E-state index < -0.39 is 16.1 Å². The molecular weight excluding hydrogens is 370 g/mol. The lowest BCUT2D eigenvalue weighted by atomic mass is 10.2. The lowest BCUT2D eigenvalue weighted by Gasteiger charge is -2.17. The van der Waals surface area contributed by atoms with Crippen molar-refractivity contribution >= 4 is 27.3 Å². The molecule has 1 atom stereocenters. The zero-order valence-corrected chi connectivity index (χ0v) is 16.2. The first-order valence-corrected chi connectivity index (χ1v) is 9.80. The van der Waals surface area contributed by atoms with E-state index in [4.69, 9.17) is 14.6 Å². The van der Waals surface area contributed by atoms with Gasteiger partial charge in [-0.3, -0.25) is 4.79 Å². The van der Waals surface area contributed by atoms with E-state index in [1.54, 1.807) is 32.2 Å². The van der Waals surface area contributed by atoms with Gasteiger partial charge in [0.1, 0.15) is 6.04 Å². The summed E-state index contributed by atoms with van der Waals surface area (Å²) in [6, 6.07) is 10.4. The van der Waals surface area contributed by atoms with Gasteiger partial charge in [0, 0.05) is 17.4 Å². The topological polar surface area (TPSA) is 120 Å². The van der Waals surface area contributed by atoms with Crippen molar-refractivity contribution in [3.8, 4) is 11.5 Å². The van der Waals surface area contributed by atoms with E-state index in [-0.39, 0.29) is 10.8 Å². The van der Waals surface area contributed by atoms with Crippen LogP contribution in [-0.2, 0) is 14.8 Å². The Hall–Kier alpha value is -2.78. The van der Waals surface area contributed by atoms with E-state index >= 15 is 0 Å². The minimum atomic E-state index is -3.77. The van der Waals surface area contributed by atoms with Gasteiger partial charge in [-0.05, 0) is 50.2 Å². The van der Waals surface area contributed by atoms with E-state index in [1.165, 1.54) is 24.3 Å². The Morgan fingerprint density at radius 1 is 1.11 bits per heavy atom. The van der Waals surface area contributed by atoms with Gasteiger partial charge in [0.15, 0.2) is 11.5 Å². The van der Waals surface area contributed by atoms with E-state index in [1.807, 2.05) is 6.92 Å². The molecule has 0 unspecified atom stereocenters. The normalized spacial score (nSPS) is 12.1. The van der Waals surface area contributed by atoms with Crippen LogP contribution in [0.5, 0.6) is 11.5 Å². The number of methoxy groups -OCH3 is 1. The van der Waals surface area contributed by atoms with Crippen molar-refractivity contribution in [2.45, 2.75) is 24.8 Å². The second kappa shape index (κ2) is 8.74. The van der Waals surface area contributed by atoms with Crippen LogP contribution in [0.3, 0.4) is 0 Å². The molecule has 146 valence electrons. The summed E-state index contributed by atoms with van der Waals surface area (Å²) in [6.07, 6.45) is 0. The van der Waals surface area contributed by atoms with Crippen molar-refractivity contribution < 1.29 is 22.7 Å². The van der Waals surface area contributed by atoms with Gasteiger partial charge in [0.2, 0.25) is 15.9 Å². The number of rotatable bonds is 8. The fourth-order valence-electron chi connectivity index (χ4n) is 2.33. The van der Waals surface area contributed by atoms with Crippen molar-refractivity contribution in [1.82, 2.24) is 0 Å². The molecule has 0 saturated carbocycles. The second-order valence-electron chi connectivity index (χ2n) is 5.72. The molecule has 0 saturated heterocycles. The average Bonchev–Trinajstić information content (AvgIpc) is 2.62. The summed E-state index contributed by atoms with van der Waals surface area (Å²) < 4.78 is 33.3. The molecular formula is C18H23N3O5S. The van der Waals surface area contributed by atoms with Crippen molar-refractivity contribution in [3.63, 3.8) is 0 Å². The first-order valence-electron chi connectivity index (χ1n) is 8.25. The number of sulfonamides is 1. The number of carbonyl (C=O) groups excluding carboxylic acids is 1. The number of ether oxygens (including phenoxy) is 2. The third-order valence-corrected chi connectivity index (χ3v) is 4.62. The highest BCUT2D eigenvalue weighted by Gasteiger charge is 2.15. The monoisotopic (exact) mass is 393 g/mol. The zero-order valence-electron chi connectivity index (χ0n) is 15.4. The number of primary sulfonamides is 1. The summed E-state index contributed by atoms with van der Waals surface area (Å²) in [4.78, 5) is 12.3. The van der Waals surface area contributed by atoms with Crippen LogP contribution >= 0.6 is 0 Å². The highest BCUT2D eigenvalue weighted by Crippen LogP contribution is 2.30. The number of anilines is 2. The van der Waals surface area contributed by atoms with Crippen LogP contribution in [0, 0.1) is 0 Å². The van der Waals surface area contributed by atoms with Crippen molar-refractivity contribution in [1.29, 1.82) is 0 Å². The maximum absolute atomic E-state index is 12.4. The van der Waals surface area contributed by atoms with Crippen LogP contribution in [0.25, 0.3) is 0 Å². The van der Waals surface area contributed by atoms with Crippen LogP contribution in [0.15, 0.2) is 47.4 Å². The lowest BCUT2D eigenvalue weighted by Crippen LogP contribution is -2.31. The molecule has 0 heterocycles. The number of carbonyl (C=O) groups is 1. The molecule has 0 aliphatic carbocycles. The van der Waals surface area contributed by atoms with Crippen LogP contribution in [-0.4, -0.2) is 34.1 Å². The molecule has 0 fully saturated rings. The van der Waals surface area contributed by atoms with Crippen LogP contribution in [0.2, 0.25) is 0 Å². The molecule has 1 amide bonds. The zero-order chi connectivity index (χ0) is 20.0. The minimum absolute atomic E-state index is 0.0202. The standard InChI is InChI=1S/C18H23N3O5S/c1-4-26-16-10-7-14(11-17(16)25-3)20-12(2)18(22)21-13-5-8-15(9-6-13)27(19,23)24/h5-12,20H,4H2,1-3H3,(H,21,22)(H2,19,23,24)/t12-/m0/s1. The van der Waals surface area contributed by atoms with Crippen molar-refractivity contribution in [3.05, 3.63) is 42.5 Å². The third kappa shape index (κ3) is 5.60. The second-order valence-corrected chi connectivity index (χ2v) is 7.28. The minimum Gasteiger partial charge on any atom is -0.493 e.